The van der Waals surface area contributed by atoms with E-state index in [-0.39, 0.29) is 5.91 Å². The van der Waals surface area contributed by atoms with E-state index in [0.717, 1.165) is 23.4 Å². The molecule has 2 aromatic carbocycles. The number of carboxylic acid groups (broad SMARTS) is 1. The minimum atomic E-state index is -1.07. The van der Waals surface area contributed by atoms with Crippen molar-refractivity contribution in [2.45, 2.75) is 20.4 Å². The lowest BCUT2D eigenvalue weighted by Gasteiger charge is -2.06. The van der Waals surface area contributed by atoms with Gasteiger partial charge in [0.15, 0.2) is 6.61 Å². The molecular weight excluding hydrogens is 360 g/mol. The van der Waals surface area contributed by atoms with Crippen molar-refractivity contribution in [3.05, 3.63) is 59.4 Å². The van der Waals surface area contributed by atoms with Gasteiger partial charge in [0.2, 0.25) is 0 Å². The zero-order chi connectivity index (χ0) is 20.1. The minimum absolute atomic E-state index is 0.366. The second-order valence-corrected chi connectivity index (χ2v) is 6.03. The Labute approximate surface area is 161 Å². The predicted molar refractivity (Wildman–Crippen MR) is 105 cm³/mol. The minimum Gasteiger partial charge on any atom is -0.481 e. The monoisotopic (exact) mass is 380 g/mol. The Morgan fingerprint density at radius 2 is 2.07 bits per heavy atom. The van der Waals surface area contributed by atoms with Crippen molar-refractivity contribution in [3.63, 3.8) is 0 Å². The molecule has 2 N–H and O–H groups in total. The third kappa shape index (κ3) is 4.17. The van der Waals surface area contributed by atoms with Gasteiger partial charge in [0.05, 0.1) is 17.2 Å². The lowest BCUT2D eigenvalue weighted by molar-refractivity contribution is -0.139. The van der Waals surface area contributed by atoms with Crippen LogP contribution in [0.1, 0.15) is 28.7 Å². The van der Waals surface area contributed by atoms with Gasteiger partial charge in [-0.25, -0.2) is 15.2 Å². The van der Waals surface area contributed by atoms with E-state index in [2.05, 4.69) is 20.1 Å². The Morgan fingerprint density at radius 3 is 2.82 bits per heavy atom. The first kappa shape index (κ1) is 19.1. The molecular formula is C20H20N4O4. The van der Waals surface area contributed by atoms with Crippen LogP contribution in [-0.4, -0.2) is 39.4 Å². The molecule has 8 heteroatoms. The van der Waals surface area contributed by atoms with Crippen LogP contribution in [0, 0.1) is 6.92 Å². The van der Waals surface area contributed by atoms with Crippen molar-refractivity contribution < 1.29 is 19.4 Å². The summed E-state index contributed by atoms with van der Waals surface area (Å²) < 4.78 is 7.27. The van der Waals surface area contributed by atoms with Gasteiger partial charge in [-0.1, -0.05) is 12.1 Å². The summed E-state index contributed by atoms with van der Waals surface area (Å²) in [6.07, 6.45) is 1.41. The number of hydrazone groups is 1. The summed E-state index contributed by atoms with van der Waals surface area (Å²) in [6.45, 7) is 4.32. The van der Waals surface area contributed by atoms with Crippen LogP contribution >= 0.6 is 0 Å². The van der Waals surface area contributed by atoms with Gasteiger partial charge in [-0.05, 0) is 44.2 Å². The van der Waals surface area contributed by atoms with Crippen LogP contribution in [0.3, 0.4) is 0 Å². The maximum absolute atomic E-state index is 12.4. The maximum Gasteiger partial charge on any atom is 0.341 e. The Kier molecular flexibility index (Phi) is 5.69. The molecule has 1 heterocycles. The van der Waals surface area contributed by atoms with Crippen molar-refractivity contribution >= 4 is 29.1 Å². The lowest BCUT2D eigenvalue weighted by atomic mass is 10.2. The van der Waals surface area contributed by atoms with Gasteiger partial charge < -0.3 is 14.4 Å². The molecule has 0 saturated heterocycles. The van der Waals surface area contributed by atoms with Gasteiger partial charge in [-0.3, -0.25) is 4.79 Å². The molecule has 0 aliphatic heterocycles. The second kappa shape index (κ2) is 8.34. The summed E-state index contributed by atoms with van der Waals surface area (Å²) in [5.41, 5.74) is 5.19. The SMILES string of the molecule is CCn1c(C)nc2cc(C(=O)N/N=C\c3ccccc3OCC(=O)O)ccc21. The highest BCUT2D eigenvalue weighted by molar-refractivity contribution is 5.98. The van der Waals surface area contributed by atoms with E-state index in [1.54, 1.807) is 36.4 Å². The topological polar surface area (TPSA) is 106 Å². The van der Waals surface area contributed by atoms with Gasteiger partial charge in [0.1, 0.15) is 11.6 Å². The van der Waals surface area contributed by atoms with Gasteiger partial charge in [-0.2, -0.15) is 5.10 Å². The van der Waals surface area contributed by atoms with Crippen LogP contribution in [0.4, 0.5) is 0 Å². The number of ether oxygens (including phenoxy) is 1. The molecule has 1 amide bonds. The summed E-state index contributed by atoms with van der Waals surface area (Å²) >= 11 is 0. The van der Waals surface area contributed by atoms with Crippen molar-refractivity contribution in [1.82, 2.24) is 15.0 Å². The number of fused-ring (bicyclic) bond motifs is 1. The molecule has 0 fully saturated rings. The normalized spacial score (nSPS) is 11.1. The Bertz CT molecular complexity index is 1060. The molecule has 28 heavy (non-hydrogen) atoms. The Morgan fingerprint density at radius 1 is 1.29 bits per heavy atom. The van der Waals surface area contributed by atoms with Crippen molar-refractivity contribution in [2.24, 2.45) is 5.10 Å². The fourth-order valence-corrected chi connectivity index (χ4v) is 2.87. The smallest absolute Gasteiger partial charge is 0.341 e. The zero-order valence-corrected chi connectivity index (χ0v) is 15.5. The summed E-state index contributed by atoms with van der Waals surface area (Å²) in [5.74, 6) is -0.182. The number of hydrogen-bond donors (Lipinski definition) is 2. The summed E-state index contributed by atoms with van der Waals surface area (Å²) in [6, 6.07) is 12.1. The third-order valence-corrected chi connectivity index (χ3v) is 4.16. The number of amides is 1. The number of carbonyl (C=O) groups excluding carboxylic acids is 1. The van der Waals surface area contributed by atoms with Crippen LogP contribution in [0.15, 0.2) is 47.6 Å². The molecule has 0 unspecified atom stereocenters. The van der Waals surface area contributed by atoms with E-state index in [1.807, 2.05) is 19.9 Å². The number of carbonyl (C=O) groups is 2. The number of aryl methyl sites for hydroxylation is 2. The van der Waals surface area contributed by atoms with Gasteiger partial charge in [-0.15, -0.1) is 0 Å². The summed E-state index contributed by atoms with van der Waals surface area (Å²) in [7, 11) is 0. The molecule has 0 atom stereocenters. The average molecular weight is 380 g/mol. The number of nitrogens with one attached hydrogen (secondary N) is 1. The number of aromatic nitrogens is 2. The molecule has 0 aliphatic carbocycles. The van der Waals surface area contributed by atoms with E-state index in [4.69, 9.17) is 9.84 Å². The largest absolute Gasteiger partial charge is 0.481 e. The van der Waals surface area contributed by atoms with Crippen LogP contribution in [0.2, 0.25) is 0 Å². The van der Waals surface area contributed by atoms with Crippen LogP contribution < -0.4 is 10.2 Å². The Balaban J connectivity index is 1.72. The first-order valence-corrected chi connectivity index (χ1v) is 8.73. The third-order valence-electron chi connectivity index (χ3n) is 4.16. The van der Waals surface area contributed by atoms with Crippen molar-refractivity contribution in [2.75, 3.05) is 6.61 Å². The van der Waals surface area contributed by atoms with Crippen molar-refractivity contribution in [1.29, 1.82) is 0 Å². The quantitative estimate of drug-likeness (QED) is 0.484. The molecule has 144 valence electrons. The molecule has 8 nitrogen and oxygen atoms in total. The second-order valence-electron chi connectivity index (χ2n) is 6.03. The number of nitrogens with zero attached hydrogens (tertiary/aromatic N) is 3. The summed E-state index contributed by atoms with van der Waals surface area (Å²) in [4.78, 5) is 27.5. The van der Waals surface area contributed by atoms with Gasteiger partial charge in [0, 0.05) is 17.7 Å². The molecule has 0 saturated carbocycles. The summed E-state index contributed by atoms with van der Waals surface area (Å²) in [5, 5.41) is 12.7. The first-order valence-electron chi connectivity index (χ1n) is 8.73. The number of para-hydroxylation sites is 1. The van der Waals surface area contributed by atoms with Gasteiger partial charge in [0.25, 0.3) is 5.91 Å². The highest BCUT2D eigenvalue weighted by Crippen LogP contribution is 2.18. The highest BCUT2D eigenvalue weighted by atomic mass is 16.5. The zero-order valence-electron chi connectivity index (χ0n) is 15.5. The maximum atomic E-state index is 12.4. The standard InChI is InChI=1S/C20H20N4O4/c1-3-24-13(2)22-16-10-14(8-9-17(16)24)20(27)23-21-11-15-6-4-5-7-18(15)28-12-19(25)26/h4-11H,3,12H2,1-2H3,(H,23,27)(H,25,26)/b21-11-. The number of hydrogen-bond acceptors (Lipinski definition) is 5. The molecule has 3 rings (SSSR count). The number of aliphatic carboxylic acids is 1. The van der Waals surface area contributed by atoms with Gasteiger partial charge >= 0.3 is 5.97 Å². The first-order chi connectivity index (χ1) is 13.5. The fraction of sp³-hybridized carbons (Fsp3) is 0.200. The van der Waals surface area contributed by atoms with Crippen molar-refractivity contribution in [3.8, 4) is 5.75 Å². The molecule has 0 bridgehead atoms. The lowest BCUT2D eigenvalue weighted by Crippen LogP contribution is -2.17. The van der Waals surface area contributed by atoms with Crippen LogP contribution in [0.25, 0.3) is 11.0 Å². The Hall–Kier alpha value is -3.68. The molecule has 3 aromatic rings. The molecule has 0 spiro atoms. The average Bonchev–Trinajstić information content (AvgIpc) is 3.01. The fourth-order valence-electron chi connectivity index (χ4n) is 2.87. The van der Waals surface area contributed by atoms with E-state index < -0.39 is 12.6 Å². The predicted octanol–water partition coefficient (Wildman–Crippen LogP) is 2.59. The van der Waals surface area contributed by atoms with Crippen LogP contribution in [0.5, 0.6) is 5.75 Å². The van der Waals surface area contributed by atoms with E-state index in [1.165, 1.54) is 6.21 Å². The van der Waals surface area contributed by atoms with E-state index in [9.17, 15) is 9.59 Å². The van der Waals surface area contributed by atoms with Crippen LogP contribution in [-0.2, 0) is 11.3 Å². The number of benzene rings is 2. The molecule has 0 radical (unpaired) electrons. The number of carboxylic acids is 1. The number of rotatable bonds is 7. The molecule has 1 aromatic heterocycles. The number of imidazole rings is 1. The van der Waals surface area contributed by atoms with E-state index >= 15 is 0 Å². The molecule has 0 aliphatic rings. The van der Waals surface area contributed by atoms with E-state index in [0.29, 0.717) is 16.9 Å². The highest BCUT2D eigenvalue weighted by Gasteiger charge is 2.10.